The maximum Gasteiger partial charge on any atom is 0.147 e. The van der Waals surface area contributed by atoms with E-state index >= 15 is 0 Å². The number of halogens is 2. The van der Waals surface area contributed by atoms with Crippen molar-refractivity contribution < 1.29 is 8.78 Å². The lowest BCUT2D eigenvalue weighted by Crippen LogP contribution is -2.19. The van der Waals surface area contributed by atoms with Crippen LogP contribution >= 0.6 is 0 Å². The van der Waals surface area contributed by atoms with Crippen molar-refractivity contribution in [2.45, 2.75) is 71.1 Å². The van der Waals surface area contributed by atoms with E-state index in [1.54, 1.807) is 6.07 Å². The van der Waals surface area contributed by atoms with Crippen molar-refractivity contribution >= 4 is 0 Å². The quantitative estimate of drug-likeness (QED) is 0.670. The van der Waals surface area contributed by atoms with Crippen molar-refractivity contribution in [2.75, 3.05) is 0 Å². The molecule has 0 saturated heterocycles. The van der Waals surface area contributed by atoms with Gasteiger partial charge in [-0.1, -0.05) is 45.4 Å². The molecule has 2 aliphatic carbocycles. The van der Waals surface area contributed by atoms with Gasteiger partial charge in [0.1, 0.15) is 23.3 Å². The summed E-state index contributed by atoms with van der Waals surface area (Å²) in [5.41, 5.74) is 0.947. The summed E-state index contributed by atoms with van der Waals surface area (Å²) in [6, 6.07) is 3.05. The molecule has 0 amide bonds. The van der Waals surface area contributed by atoms with E-state index in [1.807, 2.05) is 0 Å². The standard InChI is InChI=1S/C21H27F2N/c1-2-14-3-5-15(6-4-14)7-8-16-9-10-18-17(11-16)12-20(22)19(13-24)21(18)23/h12,14-16H,2-11H2,1H3. The Bertz CT molecular complexity index is 624. The van der Waals surface area contributed by atoms with Crippen LogP contribution in [0.4, 0.5) is 8.78 Å². The highest BCUT2D eigenvalue weighted by Gasteiger charge is 2.26. The van der Waals surface area contributed by atoms with Crippen molar-refractivity contribution in [2.24, 2.45) is 17.8 Å². The van der Waals surface area contributed by atoms with E-state index in [2.05, 4.69) is 6.92 Å². The van der Waals surface area contributed by atoms with E-state index in [0.29, 0.717) is 17.9 Å². The van der Waals surface area contributed by atoms with Crippen LogP contribution in [0, 0.1) is 40.7 Å². The van der Waals surface area contributed by atoms with Crippen LogP contribution in [0.15, 0.2) is 6.07 Å². The Hall–Kier alpha value is -1.43. The van der Waals surface area contributed by atoms with Gasteiger partial charge in [-0.25, -0.2) is 8.78 Å². The summed E-state index contributed by atoms with van der Waals surface area (Å²) in [5.74, 6) is 0.996. The van der Waals surface area contributed by atoms with Gasteiger partial charge in [0.05, 0.1) is 0 Å². The van der Waals surface area contributed by atoms with Gasteiger partial charge in [-0.05, 0) is 60.6 Å². The molecule has 1 atom stereocenters. The maximum atomic E-state index is 14.2. The summed E-state index contributed by atoms with van der Waals surface area (Å²) in [4.78, 5) is 0. The number of hydrogen-bond acceptors (Lipinski definition) is 1. The lowest BCUT2D eigenvalue weighted by molar-refractivity contribution is 0.240. The van der Waals surface area contributed by atoms with Crippen LogP contribution in [0.1, 0.15) is 75.0 Å². The topological polar surface area (TPSA) is 23.8 Å². The van der Waals surface area contributed by atoms with E-state index < -0.39 is 17.2 Å². The third kappa shape index (κ3) is 3.63. The normalized spacial score (nSPS) is 26.7. The smallest absolute Gasteiger partial charge is 0.147 e. The second-order valence-corrected chi connectivity index (χ2v) is 7.78. The number of nitrogens with zero attached hydrogens (tertiary/aromatic N) is 1. The highest BCUT2D eigenvalue weighted by atomic mass is 19.1. The summed E-state index contributed by atoms with van der Waals surface area (Å²) < 4.78 is 28.1. The second kappa shape index (κ2) is 7.64. The zero-order valence-electron chi connectivity index (χ0n) is 14.6. The maximum absolute atomic E-state index is 14.2. The summed E-state index contributed by atoms with van der Waals surface area (Å²) in [6.07, 6.45) is 11.6. The molecule has 24 heavy (non-hydrogen) atoms. The number of nitriles is 1. The predicted octanol–water partition coefficient (Wildman–Crippen LogP) is 5.94. The molecule has 1 aromatic carbocycles. The molecular weight excluding hydrogens is 304 g/mol. The molecule has 0 heterocycles. The molecule has 1 unspecified atom stereocenters. The molecule has 1 fully saturated rings. The summed E-state index contributed by atoms with van der Waals surface area (Å²) in [6.45, 7) is 2.29. The largest absolute Gasteiger partial charge is 0.205 e. The van der Waals surface area contributed by atoms with Crippen LogP contribution in [0.5, 0.6) is 0 Å². The molecule has 0 bridgehead atoms. The Morgan fingerprint density at radius 3 is 2.38 bits per heavy atom. The third-order valence-corrected chi connectivity index (χ3v) is 6.36. The number of hydrogen-bond donors (Lipinski definition) is 0. The van der Waals surface area contributed by atoms with Crippen LogP contribution in [0.3, 0.4) is 0 Å². The first-order valence-electron chi connectivity index (χ1n) is 9.52. The molecule has 3 heteroatoms. The van der Waals surface area contributed by atoms with E-state index in [1.165, 1.54) is 51.0 Å². The van der Waals surface area contributed by atoms with Gasteiger partial charge in [0.2, 0.25) is 0 Å². The molecule has 3 rings (SSSR count). The predicted molar refractivity (Wildman–Crippen MR) is 91.6 cm³/mol. The van der Waals surface area contributed by atoms with Crippen LogP contribution in [-0.4, -0.2) is 0 Å². The molecule has 0 spiro atoms. The minimum atomic E-state index is -0.702. The van der Waals surface area contributed by atoms with Gasteiger partial charge >= 0.3 is 0 Å². The zero-order chi connectivity index (χ0) is 17.1. The van der Waals surface area contributed by atoms with E-state index in [-0.39, 0.29) is 0 Å². The Morgan fingerprint density at radius 1 is 1.04 bits per heavy atom. The molecule has 1 aromatic rings. The molecule has 1 saturated carbocycles. The first kappa shape index (κ1) is 17.4. The number of rotatable bonds is 4. The highest BCUT2D eigenvalue weighted by Crippen LogP contribution is 2.37. The van der Waals surface area contributed by atoms with E-state index in [4.69, 9.17) is 5.26 Å². The summed E-state index contributed by atoms with van der Waals surface area (Å²) in [7, 11) is 0. The van der Waals surface area contributed by atoms with Crippen LogP contribution in [0.25, 0.3) is 0 Å². The lowest BCUT2D eigenvalue weighted by Gasteiger charge is -2.30. The summed E-state index contributed by atoms with van der Waals surface area (Å²) >= 11 is 0. The van der Waals surface area contributed by atoms with Crippen LogP contribution < -0.4 is 0 Å². The average molecular weight is 331 g/mol. The van der Waals surface area contributed by atoms with Crippen LogP contribution in [-0.2, 0) is 12.8 Å². The van der Waals surface area contributed by atoms with Gasteiger partial charge in [-0.15, -0.1) is 0 Å². The molecule has 0 N–H and O–H groups in total. The minimum Gasteiger partial charge on any atom is -0.205 e. The fraction of sp³-hybridized carbons (Fsp3) is 0.667. The van der Waals surface area contributed by atoms with Crippen LogP contribution in [0.2, 0.25) is 0 Å². The molecule has 2 aliphatic rings. The number of benzene rings is 1. The molecular formula is C21H27F2N. The van der Waals surface area contributed by atoms with Gasteiger partial charge < -0.3 is 0 Å². The van der Waals surface area contributed by atoms with Crippen molar-refractivity contribution in [1.82, 2.24) is 0 Å². The SMILES string of the molecule is CCC1CCC(CCC2CCc3c(cc(F)c(C#N)c3F)C2)CC1. The molecule has 0 radical (unpaired) electrons. The number of fused-ring (bicyclic) bond motifs is 1. The van der Waals surface area contributed by atoms with E-state index in [9.17, 15) is 8.78 Å². The molecule has 130 valence electrons. The molecule has 0 aromatic heterocycles. The second-order valence-electron chi connectivity index (χ2n) is 7.78. The zero-order valence-corrected chi connectivity index (χ0v) is 14.6. The highest BCUT2D eigenvalue weighted by molar-refractivity contribution is 5.42. The first-order valence-corrected chi connectivity index (χ1v) is 9.52. The Balaban J connectivity index is 1.57. The lowest BCUT2D eigenvalue weighted by atomic mass is 9.75. The van der Waals surface area contributed by atoms with Gasteiger partial charge in [-0.3, -0.25) is 0 Å². The van der Waals surface area contributed by atoms with E-state index in [0.717, 1.165) is 30.2 Å². The van der Waals surface area contributed by atoms with Crippen molar-refractivity contribution in [1.29, 1.82) is 5.26 Å². The van der Waals surface area contributed by atoms with Gasteiger partial charge in [0.25, 0.3) is 0 Å². The Labute approximate surface area is 144 Å². The fourth-order valence-corrected chi connectivity index (χ4v) is 4.67. The Kier molecular flexibility index (Phi) is 5.54. The van der Waals surface area contributed by atoms with Crippen molar-refractivity contribution in [3.8, 4) is 6.07 Å². The Morgan fingerprint density at radius 2 is 1.71 bits per heavy atom. The third-order valence-electron chi connectivity index (χ3n) is 6.36. The minimum absolute atomic E-state index is 0.417. The van der Waals surface area contributed by atoms with Gasteiger partial charge in [-0.2, -0.15) is 5.26 Å². The van der Waals surface area contributed by atoms with Gasteiger partial charge in [0, 0.05) is 0 Å². The summed E-state index contributed by atoms with van der Waals surface area (Å²) in [5, 5.41) is 8.89. The fourth-order valence-electron chi connectivity index (χ4n) is 4.67. The monoisotopic (exact) mass is 331 g/mol. The average Bonchev–Trinajstić information content (AvgIpc) is 2.60. The molecule has 1 nitrogen and oxygen atoms in total. The van der Waals surface area contributed by atoms with Crippen molar-refractivity contribution in [3.63, 3.8) is 0 Å². The molecule has 0 aliphatic heterocycles. The van der Waals surface area contributed by atoms with Gasteiger partial charge in [0.15, 0.2) is 0 Å². The van der Waals surface area contributed by atoms with Crippen molar-refractivity contribution in [3.05, 3.63) is 34.4 Å². The first-order chi connectivity index (χ1) is 11.6.